The van der Waals surface area contributed by atoms with Gasteiger partial charge in [0.1, 0.15) is 7.57 Å². The summed E-state index contributed by atoms with van der Waals surface area (Å²) in [5.41, 5.74) is 0.230. The molecule has 0 saturated carbocycles. The second-order valence-corrected chi connectivity index (χ2v) is 8.30. The van der Waals surface area contributed by atoms with Gasteiger partial charge in [-0.2, -0.15) is 0 Å². The Kier molecular flexibility index (Phi) is 6.32. The maximum Gasteiger partial charge on any atom is 0.226 e. The minimum Gasteiger partial charge on any atom is -0.328 e. The predicted molar refractivity (Wildman–Crippen MR) is 90.0 cm³/mol. The fourth-order valence-electron chi connectivity index (χ4n) is 3.50. The number of rotatable bonds is 6. The molecular weight excluding hydrogens is 264 g/mol. The Hall–Kier alpha value is -0.295. The van der Waals surface area contributed by atoms with Crippen LogP contribution in [0.3, 0.4) is 0 Å². The van der Waals surface area contributed by atoms with Crippen LogP contribution in [0.25, 0.3) is 0 Å². The van der Waals surface area contributed by atoms with Crippen molar-refractivity contribution < 1.29 is 4.79 Å². The quantitative estimate of drug-likeness (QED) is 0.405. The van der Waals surface area contributed by atoms with E-state index in [2.05, 4.69) is 39.8 Å². The first-order valence-corrected chi connectivity index (χ1v) is 9.50. The van der Waals surface area contributed by atoms with E-state index in [-0.39, 0.29) is 17.4 Å². The third kappa shape index (κ3) is 3.67. The molecule has 4 atom stereocenters. The van der Waals surface area contributed by atoms with Crippen molar-refractivity contribution >= 4 is 21.4 Å². The molecule has 0 spiro atoms. The monoisotopic (exact) mass is 293 g/mol. The average molecular weight is 293 g/mol. The summed E-state index contributed by atoms with van der Waals surface area (Å²) in [7, 11) is 5.28. The molecule has 0 bridgehead atoms. The van der Waals surface area contributed by atoms with Crippen molar-refractivity contribution in [2.24, 2.45) is 17.3 Å². The van der Waals surface area contributed by atoms with Crippen LogP contribution < -0.4 is 0 Å². The lowest BCUT2D eigenvalue weighted by Gasteiger charge is -2.43. The molecule has 0 aromatic heterocycles. The molecule has 0 aliphatic carbocycles. The van der Waals surface area contributed by atoms with Gasteiger partial charge in [-0.05, 0) is 31.3 Å². The molecule has 0 N–H and O–H groups in total. The van der Waals surface area contributed by atoms with E-state index in [1.165, 1.54) is 12.8 Å². The van der Waals surface area contributed by atoms with Gasteiger partial charge in [0, 0.05) is 18.4 Å². The normalized spacial score (nSPS) is 27.3. The van der Waals surface area contributed by atoms with E-state index in [9.17, 15) is 4.79 Å². The van der Waals surface area contributed by atoms with E-state index >= 15 is 0 Å². The number of carbonyl (C=O) groups excluding carboxylic acids is 1. The second-order valence-electron chi connectivity index (χ2n) is 6.72. The summed E-state index contributed by atoms with van der Waals surface area (Å²) < 4.78 is 1.99. The number of allylic oxidation sites excluding steroid dienone is 1. The summed E-state index contributed by atoms with van der Waals surface area (Å²) in [6, 6.07) is 0.251. The third-order valence-electron chi connectivity index (χ3n) is 4.81. The molecule has 1 aliphatic rings. The molecule has 1 heterocycles. The van der Waals surface area contributed by atoms with Crippen LogP contribution in [0.1, 0.15) is 53.9 Å². The third-order valence-corrected chi connectivity index (χ3v) is 5.98. The summed E-state index contributed by atoms with van der Waals surface area (Å²) in [4.78, 5) is 12.3. The molecular formula is C16H29BNOP. The zero-order valence-corrected chi connectivity index (χ0v) is 14.8. The first-order chi connectivity index (χ1) is 9.26. The Morgan fingerprint density at radius 3 is 2.60 bits per heavy atom. The highest BCUT2D eigenvalue weighted by Gasteiger charge is 2.46. The summed E-state index contributed by atoms with van der Waals surface area (Å²) in [5.74, 6) is 0.990. The molecule has 1 aliphatic heterocycles. The minimum atomic E-state index is -0.857. The highest BCUT2D eigenvalue weighted by Crippen LogP contribution is 2.49. The van der Waals surface area contributed by atoms with Crippen LogP contribution in [0.2, 0.25) is 0 Å². The highest BCUT2D eigenvalue weighted by molar-refractivity contribution is 7.80. The fourth-order valence-corrected chi connectivity index (χ4v) is 4.72. The van der Waals surface area contributed by atoms with Crippen LogP contribution in [0.4, 0.5) is 0 Å². The Balaban J connectivity index is 3.08. The Bertz CT molecular complexity index is 367. The highest BCUT2D eigenvalue weighted by atomic mass is 31.1. The summed E-state index contributed by atoms with van der Waals surface area (Å²) in [6.07, 6.45) is 7.24. The molecule has 0 aromatic carbocycles. The van der Waals surface area contributed by atoms with Crippen molar-refractivity contribution in [2.45, 2.75) is 59.9 Å². The van der Waals surface area contributed by atoms with E-state index < -0.39 is 7.95 Å². The molecule has 2 nitrogen and oxygen atoms in total. The predicted octanol–water partition coefficient (Wildman–Crippen LogP) is 4.35. The van der Waals surface area contributed by atoms with Crippen molar-refractivity contribution in [2.75, 3.05) is 6.66 Å². The van der Waals surface area contributed by atoms with Gasteiger partial charge in [0.25, 0.3) is 0 Å². The maximum absolute atomic E-state index is 12.3. The van der Waals surface area contributed by atoms with Gasteiger partial charge in [-0.15, -0.1) is 0 Å². The lowest BCUT2D eigenvalue weighted by Crippen LogP contribution is -2.42. The lowest BCUT2D eigenvalue weighted by atomic mass is 9.70. The summed E-state index contributed by atoms with van der Waals surface area (Å²) >= 11 is 0. The summed E-state index contributed by atoms with van der Waals surface area (Å²) in [5, 5.41) is 0. The molecule has 112 valence electrons. The second kappa shape index (κ2) is 7.12. The largest absolute Gasteiger partial charge is 0.328 e. The number of amides is 1. The molecule has 1 fully saturated rings. The minimum absolute atomic E-state index is 0.230. The van der Waals surface area contributed by atoms with Crippen LogP contribution in [-0.4, -0.2) is 30.9 Å². The molecule has 1 unspecified atom stereocenters. The topological polar surface area (TPSA) is 20.3 Å². The van der Waals surface area contributed by atoms with Crippen LogP contribution in [-0.2, 0) is 4.79 Å². The van der Waals surface area contributed by atoms with Crippen molar-refractivity contribution in [3.05, 3.63) is 12.2 Å². The van der Waals surface area contributed by atoms with Crippen molar-refractivity contribution in [1.82, 2.24) is 4.67 Å². The Morgan fingerprint density at radius 2 is 2.15 bits per heavy atom. The molecule has 1 saturated heterocycles. The van der Waals surface area contributed by atoms with Gasteiger partial charge in [0.15, 0.2) is 0 Å². The smallest absolute Gasteiger partial charge is 0.226 e. The van der Waals surface area contributed by atoms with Crippen molar-refractivity contribution in [1.29, 1.82) is 0 Å². The number of hydrogen-bond donors (Lipinski definition) is 0. The lowest BCUT2D eigenvalue weighted by molar-refractivity contribution is -0.124. The van der Waals surface area contributed by atoms with E-state index in [1.54, 1.807) is 0 Å². The number of carbonyl (C=O) groups is 1. The van der Waals surface area contributed by atoms with Gasteiger partial charge < -0.3 is 4.67 Å². The zero-order chi connectivity index (χ0) is 15.5. The van der Waals surface area contributed by atoms with Gasteiger partial charge in [0.2, 0.25) is 5.91 Å². The van der Waals surface area contributed by atoms with Gasteiger partial charge in [-0.1, -0.05) is 54.2 Å². The summed E-state index contributed by atoms with van der Waals surface area (Å²) in [6.45, 7) is 13.2. The molecule has 1 amide bonds. The standard InChI is InChI=1S/C16H29BNOP/c1-7-9-13-11-14(19)18(20(6)17)15(13)12(3)16(4,5)10-8-2/h7,9,12-13,15H,8,10-11H2,1-6H3/b9-7-/t12-,13-,15+,20?/m1/s1. The van der Waals surface area contributed by atoms with E-state index in [4.69, 9.17) is 7.57 Å². The number of hydrogen-bond acceptors (Lipinski definition) is 1. The van der Waals surface area contributed by atoms with Crippen LogP contribution in [0.15, 0.2) is 12.2 Å². The molecule has 20 heavy (non-hydrogen) atoms. The van der Waals surface area contributed by atoms with Gasteiger partial charge >= 0.3 is 0 Å². The SMILES string of the molecule is [B]P(C)N1C(=O)C[C@@H](/C=C\C)[C@@H]1[C@@H](C)C(C)(C)CCC. The van der Waals surface area contributed by atoms with Crippen molar-refractivity contribution in [3.63, 3.8) is 0 Å². The van der Waals surface area contributed by atoms with Crippen LogP contribution >= 0.6 is 7.95 Å². The molecule has 2 radical (unpaired) electrons. The fraction of sp³-hybridized carbons (Fsp3) is 0.812. The van der Waals surface area contributed by atoms with E-state index in [1.807, 2.05) is 18.3 Å². The van der Waals surface area contributed by atoms with E-state index in [0.29, 0.717) is 18.3 Å². The van der Waals surface area contributed by atoms with E-state index in [0.717, 1.165) is 0 Å². The molecule has 1 rings (SSSR count). The Morgan fingerprint density at radius 1 is 1.55 bits per heavy atom. The van der Waals surface area contributed by atoms with Crippen LogP contribution in [0.5, 0.6) is 0 Å². The van der Waals surface area contributed by atoms with Crippen LogP contribution in [0, 0.1) is 17.3 Å². The van der Waals surface area contributed by atoms with Gasteiger partial charge in [0.05, 0.1) is 0 Å². The average Bonchev–Trinajstić information content (AvgIpc) is 2.65. The first kappa shape index (κ1) is 17.8. The number of nitrogens with zero attached hydrogens (tertiary/aromatic N) is 1. The zero-order valence-electron chi connectivity index (χ0n) is 13.9. The first-order valence-electron chi connectivity index (χ1n) is 7.69. The maximum atomic E-state index is 12.3. The Labute approximate surface area is 127 Å². The van der Waals surface area contributed by atoms with Gasteiger partial charge in [-0.25, -0.2) is 0 Å². The van der Waals surface area contributed by atoms with Crippen molar-refractivity contribution in [3.8, 4) is 0 Å². The molecule has 4 heteroatoms. The molecule has 0 aromatic rings. The van der Waals surface area contributed by atoms with Gasteiger partial charge in [-0.3, -0.25) is 4.79 Å².